The summed E-state index contributed by atoms with van der Waals surface area (Å²) in [6.45, 7) is 2.58. The highest BCUT2D eigenvalue weighted by Gasteiger charge is 2.59. The summed E-state index contributed by atoms with van der Waals surface area (Å²) < 4.78 is 18.6. The van der Waals surface area contributed by atoms with Gasteiger partial charge in [-0.05, 0) is 13.3 Å². The van der Waals surface area contributed by atoms with Crippen molar-refractivity contribution >= 4 is 18.9 Å². The van der Waals surface area contributed by atoms with E-state index in [1.54, 1.807) is 6.20 Å². The molecule has 1 aromatic rings. The predicted molar refractivity (Wildman–Crippen MR) is 74.9 cm³/mol. The molecule has 0 aromatic carbocycles. The quantitative estimate of drug-likeness (QED) is 0.778. The van der Waals surface area contributed by atoms with Crippen LogP contribution in [0, 0.1) is 5.92 Å². The molecule has 19 heavy (non-hydrogen) atoms. The van der Waals surface area contributed by atoms with Gasteiger partial charge in [0.05, 0.1) is 12.6 Å². The molecule has 6 nitrogen and oxygen atoms in total. The molecular formula is C11H16N2O4P2. The smallest absolute Gasteiger partial charge is 0.300 e. The van der Waals surface area contributed by atoms with E-state index in [0.717, 1.165) is 6.42 Å². The van der Waals surface area contributed by atoms with Gasteiger partial charge in [-0.25, -0.2) is 0 Å². The fraction of sp³-hybridized carbons (Fsp3) is 0.636. The number of hydrogen-bond acceptors (Lipinski definition) is 5. The van der Waals surface area contributed by atoms with Crippen molar-refractivity contribution in [3.8, 4) is 6.01 Å². The summed E-state index contributed by atoms with van der Waals surface area (Å²) in [6, 6.07) is 1.93. The summed E-state index contributed by atoms with van der Waals surface area (Å²) in [5.41, 5.74) is -0.813. The average molecular weight is 302 g/mol. The Bertz CT molecular complexity index is 552. The molecule has 2 heterocycles. The monoisotopic (exact) mass is 302 g/mol. The Morgan fingerprint density at radius 2 is 2.42 bits per heavy atom. The van der Waals surface area contributed by atoms with Gasteiger partial charge in [0, 0.05) is 37.1 Å². The third kappa shape index (κ3) is 1.93. The fourth-order valence-electron chi connectivity index (χ4n) is 3.25. The molecule has 0 amide bonds. The van der Waals surface area contributed by atoms with Gasteiger partial charge in [-0.1, -0.05) is 0 Å². The minimum Gasteiger partial charge on any atom is -0.453 e. The Balaban J connectivity index is 2.00. The van der Waals surface area contributed by atoms with Gasteiger partial charge in [0.15, 0.2) is 5.60 Å². The van der Waals surface area contributed by atoms with Crippen molar-refractivity contribution in [2.24, 2.45) is 5.92 Å². The molecule has 0 radical (unpaired) electrons. The summed E-state index contributed by atoms with van der Waals surface area (Å²) in [4.78, 5) is 15.2. The molecule has 8 heteroatoms. The zero-order valence-corrected chi connectivity index (χ0v) is 12.8. The maximum Gasteiger partial charge on any atom is 0.300 e. The Morgan fingerprint density at radius 1 is 1.63 bits per heavy atom. The summed E-state index contributed by atoms with van der Waals surface area (Å²) in [5, 5.41) is 0. The topological polar surface area (TPSA) is 62.6 Å². The second kappa shape index (κ2) is 4.78. The third-order valence-corrected chi connectivity index (χ3v) is 4.57. The number of ether oxygens (including phenoxy) is 1. The average Bonchev–Trinajstić information content (AvgIpc) is 2.77. The van der Waals surface area contributed by atoms with Crippen LogP contribution in [0.4, 0.5) is 0 Å². The zero-order valence-electron chi connectivity index (χ0n) is 10.5. The van der Waals surface area contributed by atoms with Gasteiger partial charge >= 0.3 is 6.01 Å². The first-order valence-electron chi connectivity index (χ1n) is 6.05. The van der Waals surface area contributed by atoms with Crippen LogP contribution in [0.3, 0.4) is 0 Å². The van der Waals surface area contributed by atoms with Gasteiger partial charge in [0.25, 0.3) is 5.56 Å². The Hall–Kier alpha value is -0.540. The highest BCUT2D eigenvalue weighted by molar-refractivity contribution is 7.10. The second-order valence-electron chi connectivity index (χ2n) is 5.14. The van der Waals surface area contributed by atoms with Gasteiger partial charge in [-0.3, -0.25) is 9.36 Å². The largest absolute Gasteiger partial charge is 0.453 e. The summed E-state index contributed by atoms with van der Waals surface area (Å²) in [7, 11) is 4.57. The summed E-state index contributed by atoms with van der Waals surface area (Å²) in [5.74, 6) is 0.234. The van der Waals surface area contributed by atoms with E-state index in [4.69, 9.17) is 13.8 Å². The van der Waals surface area contributed by atoms with E-state index in [0.29, 0.717) is 12.6 Å². The van der Waals surface area contributed by atoms with Crippen LogP contribution in [0.25, 0.3) is 0 Å². The molecule has 0 spiro atoms. The van der Waals surface area contributed by atoms with Crippen molar-refractivity contribution in [3.05, 3.63) is 22.6 Å². The van der Waals surface area contributed by atoms with E-state index in [1.165, 1.54) is 6.07 Å². The van der Waals surface area contributed by atoms with Crippen LogP contribution in [-0.2, 0) is 9.05 Å². The molecule has 0 N–H and O–H groups in total. The maximum absolute atomic E-state index is 11.3. The molecule has 1 aromatic heterocycles. The Labute approximate surface area is 115 Å². The van der Waals surface area contributed by atoms with Crippen molar-refractivity contribution in [1.82, 2.24) is 9.55 Å². The highest BCUT2D eigenvalue weighted by atomic mass is 31.0. The lowest BCUT2D eigenvalue weighted by Crippen LogP contribution is -2.44. The minimum absolute atomic E-state index is 0.103. The van der Waals surface area contributed by atoms with E-state index in [9.17, 15) is 4.79 Å². The fourth-order valence-corrected chi connectivity index (χ4v) is 3.99. The number of hydrogen-bond donors (Lipinski definition) is 0. The number of aromatic nitrogens is 2. The van der Waals surface area contributed by atoms with Crippen molar-refractivity contribution < 1.29 is 13.8 Å². The van der Waals surface area contributed by atoms with Gasteiger partial charge in [0.2, 0.25) is 0 Å². The minimum atomic E-state index is -0.524. The first-order chi connectivity index (χ1) is 9.10. The SMILES string of the molecule is C[C@@]12Oc3nc(=O)ccn3[C@@H]1C[C@H](COP)[C@H]2OP. The van der Waals surface area contributed by atoms with Crippen LogP contribution < -0.4 is 10.3 Å². The molecular weight excluding hydrogens is 286 g/mol. The van der Waals surface area contributed by atoms with Crippen LogP contribution in [0.2, 0.25) is 0 Å². The third-order valence-electron chi connectivity index (χ3n) is 4.09. The number of rotatable bonds is 3. The number of fused-ring (bicyclic) bond motifs is 3. The molecule has 1 fully saturated rings. The van der Waals surface area contributed by atoms with Crippen LogP contribution >= 0.6 is 18.9 Å². The standard InChI is InChI=1S/C11H16N2O4P2/c1-11-7(4-6(5-15-18)9(11)17-19)13-3-2-8(14)12-10(13)16-11/h2-3,6-7,9H,4-5,18-19H2,1H3/t6-,7-,9-,11-/m1/s1. The Morgan fingerprint density at radius 3 is 3.11 bits per heavy atom. The maximum atomic E-state index is 11.3. The van der Waals surface area contributed by atoms with E-state index in [-0.39, 0.29) is 23.6 Å². The number of nitrogens with zero attached hydrogens (tertiary/aromatic N) is 2. The molecule has 1 aliphatic carbocycles. The molecule has 2 aliphatic rings. The van der Waals surface area contributed by atoms with Gasteiger partial charge < -0.3 is 13.8 Å². The lowest BCUT2D eigenvalue weighted by atomic mass is 9.97. The molecule has 3 rings (SSSR count). The summed E-state index contributed by atoms with van der Waals surface area (Å²) >= 11 is 0. The second-order valence-corrected chi connectivity index (χ2v) is 5.75. The molecule has 1 aliphatic heterocycles. The van der Waals surface area contributed by atoms with Crippen LogP contribution in [0.5, 0.6) is 6.01 Å². The van der Waals surface area contributed by atoms with Gasteiger partial charge in [-0.15, -0.1) is 0 Å². The van der Waals surface area contributed by atoms with Crippen molar-refractivity contribution in [3.63, 3.8) is 0 Å². The van der Waals surface area contributed by atoms with E-state index >= 15 is 0 Å². The van der Waals surface area contributed by atoms with Crippen molar-refractivity contribution in [1.29, 1.82) is 0 Å². The van der Waals surface area contributed by atoms with E-state index in [1.807, 2.05) is 11.5 Å². The molecule has 0 saturated heterocycles. The van der Waals surface area contributed by atoms with Crippen molar-refractivity contribution in [2.75, 3.05) is 6.61 Å². The van der Waals surface area contributed by atoms with Gasteiger partial charge in [0.1, 0.15) is 6.10 Å². The van der Waals surface area contributed by atoms with Crippen molar-refractivity contribution in [2.45, 2.75) is 31.1 Å². The molecule has 0 bridgehead atoms. The lowest BCUT2D eigenvalue weighted by Gasteiger charge is -2.30. The first-order valence-corrected chi connectivity index (χ1v) is 7.00. The zero-order chi connectivity index (χ0) is 13.6. The van der Waals surface area contributed by atoms with Crippen LogP contribution in [0.1, 0.15) is 19.4 Å². The van der Waals surface area contributed by atoms with Crippen LogP contribution in [-0.4, -0.2) is 27.9 Å². The lowest BCUT2D eigenvalue weighted by molar-refractivity contribution is -0.0146. The van der Waals surface area contributed by atoms with Gasteiger partial charge in [-0.2, -0.15) is 4.98 Å². The predicted octanol–water partition coefficient (Wildman–Crippen LogP) is 0.937. The molecule has 104 valence electrons. The molecule has 1 saturated carbocycles. The molecule has 2 unspecified atom stereocenters. The molecule has 6 atom stereocenters. The highest BCUT2D eigenvalue weighted by Crippen LogP contribution is 2.52. The Kier molecular flexibility index (Phi) is 3.38. The van der Waals surface area contributed by atoms with Crippen LogP contribution in [0.15, 0.2) is 17.1 Å². The first kappa shape index (κ1) is 13.4. The normalized spacial score (nSPS) is 35.8. The van der Waals surface area contributed by atoms with E-state index in [2.05, 4.69) is 23.9 Å². The van der Waals surface area contributed by atoms with E-state index < -0.39 is 5.60 Å². The summed E-state index contributed by atoms with van der Waals surface area (Å²) in [6.07, 6.45) is 2.48.